The first kappa shape index (κ1) is 28.9. The van der Waals surface area contributed by atoms with Gasteiger partial charge < -0.3 is 10.2 Å². The third-order valence-corrected chi connectivity index (χ3v) is 9.77. The Labute approximate surface area is 259 Å². The minimum absolute atomic E-state index is 0.134. The normalized spacial score (nSPS) is 13.9. The van der Waals surface area contributed by atoms with Crippen molar-refractivity contribution in [1.29, 1.82) is 0 Å². The second kappa shape index (κ2) is 11.6. The van der Waals surface area contributed by atoms with Gasteiger partial charge in [0.25, 0.3) is 10.0 Å². The van der Waals surface area contributed by atoms with Crippen LogP contribution in [0.5, 0.6) is 0 Å². The minimum atomic E-state index is -4.00. The third-order valence-electron chi connectivity index (χ3n) is 8.11. The van der Waals surface area contributed by atoms with Crippen molar-refractivity contribution in [3.63, 3.8) is 0 Å². The van der Waals surface area contributed by atoms with Crippen LogP contribution in [0.1, 0.15) is 11.1 Å². The summed E-state index contributed by atoms with van der Waals surface area (Å²) in [6.07, 6.45) is 6.55. The van der Waals surface area contributed by atoms with Gasteiger partial charge in [0, 0.05) is 66.8 Å². The molecule has 7 rings (SSSR count). The van der Waals surface area contributed by atoms with Gasteiger partial charge in [-0.1, -0.05) is 35.9 Å². The molecule has 1 aliphatic rings. The van der Waals surface area contributed by atoms with Gasteiger partial charge in [-0.2, -0.15) is 5.10 Å². The molecule has 0 amide bonds. The predicted octanol–water partition coefficient (Wildman–Crippen LogP) is 5.85. The SMILES string of the molecule is Cc1ccc(S(=O)(=O)n2cc(-c3cnn(Cc4cccc(F)c4)c3)c3cc(-c4ccc(N5CCNCC5)c(F)c4)cnc32)cc1. The van der Waals surface area contributed by atoms with E-state index in [2.05, 4.69) is 15.4 Å². The van der Waals surface area contributed by atoms with Crippen LogP contribution >= 0.6 is 0 Å². The highest BCUT2D eigenvalue weighted by atomic mass is 32.2. The lowest BCUT2D eigenvalue weighted by atomic mass is 10.0. The number of aryl methyl sites for hydroxylation is 1. The largest absolute Gasteiger partial charge is 0.367 e. The molecule has 3 aromatic heterocycles. The molecule has 6 aromatic rings. The summed E-state index contributed by atoms with van der Waals surface area (Å²) in [6, 6.07) is 19.9. The molecule has 0 radical (unpaired) electrons. The number of anilines is 1. The molecule has 45 heavy (non-hydrogen) atoms. The first-order valence-electron chi connectivity index (χ1n) is 14.6. The van der Waals surface area contributed by atoms with Crippen LogP contribution < -0.4 is 10.2 Å². The van der Waals surface area contributed by atoms with Gasteiger partial charge in [-0.3, -0.25) is 4.68 Å². The van der Waals surface area contributed by atoms with E-state index in [0.717, 1.165) is 37.3 Å². The lowest BCUT2D eigenvalue weighted by Crippen LogP contribution is -2.43. The Morgan fingerprint density at radius 3 is 2.42 bits per heavy atom. The fourth-order valence-corrected chi connectivity index (χ4v) is 7.06. The number of nitrogens with zero attached hydrogens (tertiary/aromatic N) is 5. The molecule has 1 saturated heterocycles. The summed E-state index contributed by atoms with van der Waals surface area (Å²) < 4.78 is 59.8. The van der Waals surface area contributed by atoms with Crippen molar-refractivity contribution < 1.29 is 17.2 Å². The van der Waals surface area contributed by atoms with Gasteiger partial charge >= 0.3 is 0 Å². The van der Waals surface area contributed by atoms with Gasteiger partial charge in [0.15, 0.2) is 5.65 Å². The van der Waals surface area contributed by atoms with Crippen molar-refractivity contribution in [3.8, 4) is 22.3 Å². The molecule has 0 saturated carbocycles. The molecule has 1 aliphatic heterocycles. The zero-order valence-corrected chi connectivity index (χ0v) is 25.3. The summed E-state index contributed by atoms with van der Waals surface area (Å²) in [5.41, 5.74) is 5.00. The summed E-state index contributed by atoms with van der Waals surface area (Å²) >= 11 is 0. The lowest BCUT2D eigenvalue weighted by Gasteiger charge is -2.29. The fraction of sp³-hybridized carbons (Fsp3) is 0.176. The standard InChI is InChI=1S/C34H30F2N6O2S/c1-23-5-8-29(9-6-23)45(43,44)42-22-31(27-19-39-41(21-27)20-24-3-2-4-28(35)15-24)30-16-26(18-38-34(30)42)25-7-10-33(32(36)17-25)40-13-11-37-12-14-40/h2-10,15-19,21-22,37H,11-14,20H2,1H3. The topological polar surface area (TPSA) is 85.0 Å². The Morgan fingerprint density at radius 2 is 1.67 bits per heavy atom. The number of piperazine rings is 1. The zero-order chi connectivity index (χ0) is 31.1. The number of nitrogens with one attached hydrogen (secondary N) is 1. The highest BCUT2D eigenvalue weighted by Crippen LogP contribution is 2.35. The first-order valence-corrected chi connectivity index (χ1v) is 16.1. The van der Waals surface area contributed by atoms with Gasteiger partial charge in [0.1, 0.15) is 11.6 Å². The molecule has 228 valence electrons. The predicted molar refractivity (Wildman–Crippen MR) is 171 cm³/mol. The summed E-state index contributed by atoms with van der Waals surface area (Å²) in [4.78, 5) is 6.77. The summed E-state index contributed by atoms with van der Waals surface area (Å²) in [5.74, 6) is -0.659. The number of fused-ring (bicyclic) bond motifs is 1. The van der Waals surface area contributed by atoms with E-state index in [0.29, 0.717) is 39.9 Å². The van der Waals surface area contributed by atoms with Gasteiger partial charge in [0.05, 0.1) is 23.3 Å². The molecule has 1 N–H and O–H groups in total. The van der Waals surface area contributed by atoms with E-state index in [1.165, 1.54) is 22.2 Å². The first-order chi connectivity index (χ1) is 21.8. The number of hydrogen-bond donors (Lipinski definition) is 1. The number of benzene rings is 3. The van der Waals surface area contributed by atoms with E-state index in [1.54, 1.807) is 65.9 Å². The number of pyridine rings is 1. The van der Waals surface area contributed by atoms with Gasteiger partial charge in [0.2, 0.25) is 0 Å². The van der Waals surface area contributed by atoms with Gasteiger partial charge in [-0.15, -0.1) is 0 Å². The molecule has 0 bridgehead atoms. The molecule has 8 nitrogen and oxygen atoms in total. The Hall–Kier alpha value is -4.87. The van der Waals surface area contributed by atoms with Gasteiger partial charge in [-0.05, 0) is 60.5 Å². The van der Waals surface area contributed by atoms with Crippen molar-refractivity contribution >= 4 is 26.7 Å². The van der Waals surface area contributed by atoms with Crippen LogP contribution in [-0.4, -0.2) is 53.3 Å². The Morgan fingerprint density at radius 1 is 0.867 bits per heavy atom. The molecular weight excluding hydrogens is 594 g/mol. The van der Waals surface area contributed by atoms with E-state index in [4.69, 9.17) is 0 Å². The molecule has 1 fully saturated rings. The second-order valence-electron chi connectivity index (χ2n) is 11.2. The maximum Gasteiger partial charge on any atom is 0.269 e. The van der Waals surface area contributed by atoms with Crippen LogP contribution in [0.2, 0.25) is 0 Å². The highest BCUT2D eigenvalue weighted by Gasteiger charge is 2.24. The second-order valence-corrected chi connectivity index (χ2v) is 13.0. The maximum atomic E-state index is 15.4. The summed E-state index contributed by atoms with van der Waals surface area (Å²) in [6.45, 7) is 5.27. The lowest BCUT2D eigenvalue weighted by molar-refractivity contribution is 0.566. The Kier molecular flexibility index (Phi) is 7.42. The highest BCUT2D eigenvalue weighted by molar-refractivity contribution is 7.90. The number of halogens is 2. The molecule has 3 aromatic carbocycles. The third kappa shape index (κ3) is 5.60. The quantitative estimate of drug-likeness (QED) is 0.240. The molecule has 0 aliphatic carbocycles. The molecule has 0 spiro atoms. The fourth-order valence-electron chi connectivity index (χ4n) is 5.73. The maximum absolute atomic E-state index is 15.4. The van der Waals surface area contributed by atoms with E-state index in [-0.39, 0.29) is 22.2 Å². The summed E-state index contributed by atoms with van der Waals surface area (Å²) in [7, 11) is -4.00. The van der Waals surface area contributed by atoms with Crippen LogP contribution in [0.4, 0.5) is 14.5 Å². The minimum Gasteiger partial charge on any atom is -0.367 e. The van der Waals surface area contributed by atoms with Crippen molar-refractivity contribution in [3.05, 3.63) is 120 Å². The van der Waals surface area contributed by atoms with Crippen LogP contribution in [-0.2, 0) is 16.6 Å². The van der Waals surface area contributed by atoms with Crippen molar-refractivity contribution in [1.82, 2.24) is 24.1 Å². The van der Waals surface area contributed by atoms with E-state index in [1.807, 2.05) is 30.0 Å². The Bertz CT molecular complexity index is 2130. The number of aromatic nitrogens is 4. The van der Waals surface area contributed by atoms with E-state index in [9.17, 15) is 12.8 Å². The number of hydrogen-bond acceptors (Lipinski definition) is 6. The smallest absolute Gasteiger partial charge is 0.269 e. The molecule has 11 heteroatoms. The monoisotopic (exact) mass is 624 g/mol. The average Bonchev–Trinajstić information content (AvgIpc) is 3.66. The van der Waals surface area contributed by atoms with Crippen LogP contribution in [0.3, 0.4) is 0 Å². The Balaban J connectivity index is 1.33. The molecule has 0 atom stereocenters. The molecular formula is C34H30F2N6O2S. The average molecular weight is 625 g/mol. The van der Waals surface area contributed by atoms with E-state index >= 15 is 4.39 Å². The molecule has 4 heterocycles. The van der Waals surface area contributed by atoms with Crippen LogP contribution in [0, 0.1) is 18.6 Å². The van der Waals surface area contributed by atoms with Gasteiger partial charge in [-0.25, -0.2) is 26.2 Å². The van der Waals surface area contributed by atoms with Crippen molar-refractivity contribution in [2.45, 2.75) is 18.4 Å². The van der Waals surface area contributed by atoms with Crippen molar-refractivity contribution in [2.24, 2.45) is 0 Å². The van der Waals surface area contributed by atoms with Crippen LogP contribution in [0.25, 0.3) is 33.3 Å². The van der Waals surface area contributed by atoms with E-state index < -0.39 is 10.0 Å². The molecule has 0 unspecified atom stereocenters. The van der Waals surface area contributed by atoms with Crippen molar-refractivity contribution in [2.75, 3.05) is 31.1 Å². The zero-order valence-electron chi connectivity index (χ0n) is 24.5. The number of rotatable bonds is 7. The van der Waals surface area contributed by atoms with Crippen LogP contribution in [0.15, 0.2) is 102 Å². The summed E-state index contributed by atoms with van der Waals surface area (Å²) in [5, 5.41) is 8.32.